The maximum atomic E-state index is 14.7. The van der Waals surface area contributed by atoms with Crippen molar-refractivity contribution in [2.45, 2.75) is 33.1 Å². The summed E-state index contributed by atoms with van der Waals surface area (Å²) in [6, 6.07) is 11.6. The van der Waals surface area contributed by atoms with Crippen LogP contribution in [0.2, 0.25) is 0 Å². The van der Waals surface area contributed by atoms with E-state index in [1.54, 1.807) is 25.1 Å². The van der Waals surface area contributed by atoms with Gasteiger partial charge in [-0.1, -0.05) is 38.1 Å². The van der Waals surface area contributed by atoms with Crippen molar-refractivity contribution in [2.75, 3.05) is 19.0 Å². The molecule has 3 heteroatoms. The topological polar surface area (TPSA) is 20.3 Å². The van der Waals surface area contributed by atoms with Crippen molar-refractivity contribution in [2.24, 2.45) is 0 Å². The van der Waals surface area contributed by atoms with E-state index in [0.717, 1.165) is 23.1 Å². The molecule has 0 N–H and O–H groups in total. The molecular weight excluding hydrogens is 289 g/mol. The lowest BCUT2D eigenvalue weighted by molar-refractivity contribution is -0.118. The van der Waals surface area contributed by atoms with E-state index >= 15 is 0 Å². The summed E-state index contributed by atoms with van der Waals surface area (Å²) in [5.41, 5.74) is 4.30. The van der Waals surface area contributed by atoms with Crippen LogP contribution in [0.1, 0.15) is 31.4 Å². The third kappa shape index (κ3) is 3.79. The molecule has 0 aromatic heterocycles. The molecule has 0 bridgehead atoms. The standard InChI is InChI=1S/C20H24FNO/c1-5-14-9-7-8-10-18(14)15-11-16(12-17(23)6-2)20(22(3)4)19(21)13-15/h7-11,13H,5-6,12H2,1-4H3. The highest BCUT2D eigenvalue weighted by atomic mass is 19.1. The number of carbonyl (C=O) groups excluding carboxylic acids is 1. The average Bonchev–Trinajstić information content (AvgIpc) is 2.53. The van der Waals surface area contributed by atoms with Crippen LogP contribution in [0.25, 0.3) is 11.1 Å². The number of aryl methyl sites for hydroxylation is 1. The second-order valence-electron chi connectivity index (χ2n) is 5.94. The maximum absolute atomic E-state index is 14.7. The van der Waals surface area contributed by atoms with Crippen LogP contribution in [0.15, 0.2) is 36.4 Å². The molecule has 2 rings (SSSR count). The fourth-order valence-corrected chi connectivity index (χ4v) is 2.89. The largest absolute Gasteiger partial charge is 0.375 e. The Labute approximate surface area is 137 Å². The minimum Gasteiger partial charge on any atom is -0.375 e. The predicted octanol–water partition coefficient (Wildman–Crippen LogP) is 4.64. The maximum Gasteiger partial charge on any atom is 0.147 e. The summed E-state index contributed by atoms with van der Waals surface area (Å²) >= 11 is 0. The van der Waals surface area contributed by atoms with Gasteiger partial charge in [-0.05, 0) is 40.8 Å². The minimum atomic E-state index is -0.280. The summed E-state index contributed by atoms with van der Waals surface area (Å²) in [6.07, 6.45) is 1.61. The molecule has 0 amide bonds. The van der Waals surface area contributed by atoms with Crippen molar-refractivity contribution in [1.82, 2.24) is 0 Å². The first-order valence-electron chi connectivity index (χ1n) is 8.07. The molecule has 0 spiro atoms. The van der Waals surface area contributed by atoms with Gasteiger partial charge in [0.15, 0.2) is 0 Å². The lowest BCUT2D eigenvalue weighted by Crippen LogP contribution is -2.15. The molecule has 0 aliphatic carbocycles. The zero-order chi connectivity index (χ0) is 17.0. The summed E-state index contributed by atoms with van der Waals surface area (Å²) in [5.74, 6) is -0.161. The molecule has 0 atom stereocenters. The Bertz CT molecular complexity index is 707. The van der Waals surface area contributed by atoms with E-state index in [-0.39, 0.29) is 18.0 Å². The van der Waals surface area contributed by atoms with E-state index in [1.807, 2.05) is 31.2 Å². The Hall–Kier alpha value is -2.16. The summed E-state index contributed by atoms with van der Waals surface area (Å²) in [6.45, 7) is 3.93. The molecule has 122 valence electrons. The summed E-state index contributed by atoms with van der Waals surface area (Å²) in [4.78, 5) is 13.6. The van der Waals surface area contributed by atoms with Crippen LogP contribution >= 0.6 is 0 Å². The lowest BCUT2D eigenvalue weighted by atomic mass is 9.94. The molecule has 23 heavy (non-hydrogen) atoms. The molecule has 0 aliphatic rings. The quantitative estimate of drug-likeness (QED) is 0.774. The smallest absolute Gasteiger partial charge is 0.147 e. The highest BCUT2D eigenvalue weighted by Gasteiger charge is 2.16. The Kier molecular flexibility index (Phi) is 5.54. The molecule has 2 nitrogen and oxygen atoms in total. The summed E-state index contributed by atoms with van der Waals surface area (Å²) in [7, 11) is 3.61. The third-order valence-corrected chi connectivity index (χ3v) is 4.08. The van der Waals surface area contributed by atoms with Gasteiger partial charge in [0.1, 0.15) is 11.6 Å². The van der Waals surface area contributed by atoms with Crippen molar-refractivity contribution >= 4 is 11.5 Å². The fraction of sp³-hybridized carbons (Fsp3) is 0.350. The number of anilines is 1. The van der Waals surface area contributed by atoms with Gasteiger partial charge in [-0.25, -0.2) is 4.39 Å². The van der Waals surface area contributed by atoms with Crippen molar-refractivity contribution in [3.63, 3.8) is 0 Å². The summed E-state index contributed by atoms with van der Waals surface area (Å²) < 4.78 is 14.7. The lowest BCUT2D eigenvalue weighted by Gasteiger charge is -2.20. The second kappa shape index (κ2) is 7.40. The zero-order valence-corrected chi connectivity index (χ0v) is 14.3. The first-order valence-corrected chi connectivity index (χ1v) is 8.07. The molecule has 0 aliphatic heterocycles. The number of hydrogen-bond donors (Lipinski definition) is 0. The average molecular weight is 313 g/mol. The zero-order valence-electron chi connectivity index (χ0n) is 14.3. The van der Waals surface area contributed by atoms with Crippen molar-refractivity contribution in [1.29, 1.82) is 0 Å². The van der Waals surface area contributed by atoms with Crippen molar-refractivity contribution in [3.05, 3.63) is 53.3 Å². The van der Waals surface area contributed by atoms with E-state index < -0.39 is 0 Å². The number of nitrogens with zero attached hydrogens (tertiary/aromatic N) is 1. The molecule has 2 aromatic carbocycles. The Morgan fingerprint density at radius 3 is 2.39 bits per heavy atom. The van der Waals surface area contributed by atoms with Crippen molar-refractivity contribution < 1.29 is 9.18 Å². The Morgan fingerprint density at radius 2 is 1.78 bits per heavy atom. The van der Waals surface area contributed by atoms with Crippen LogP contribution in [0, 0.1) is 5.82 Å². The molecule has 0 saturated carbocycles. The van der Waals surface area contributed by atoms with Crippen LogP contribution in [0.5, 0.6) is 0 Å². The SMILES string of the molecule is CCC(=O)Cc1cc(-c2ccccc2CC)cc(F)c1N(C)C. The van der Waals surface area contributed by atoms with E-state index in [0.29, 0.717) is 12.1 Å². The third-order valence-electron chi connectivity index (χ3n) is 4.08. The normalized spacial score (nSPS) is 10.7. The van der Waals surface area contributed by atoms with Crippen LogP contribution in [-0.4, -0.2) is 19.9 Å². The molecule has 0 saturated heterocycles. The number of carbonyl (C=O) groups is 1. The van der Waals surface area contributed by atoms with E-state index in [2.05, 4.69) is 13.0 Å². The highest BCUT2D eigenvalue weighted by molar-refractivity contribution is 5.84. The van der Waals surface area contributed by atoms with Gasteiger partial charge < -0.3 is 4.90 Å². The van der Waals surface area contributed by atoms with Gasteiger partial charge in [0.2, 0.25) is 0 Å². The molecule has 0 fully saturated rings. The van der Waals surface area contributed by atoms with Crippen LogP contribution < -0.4 is 4.90 Å². The Balaban J connectivity index is 2.60. The van der Waals surface area contributed by atoms with Gasteiger partial charge in [0.05, 0.1) is 5.69 Å². The van der Waals surface area contributed by atoms with E-state index in [9.17, 15) is 9.18 Å². The molecule has 0 radical (unpaired) electrons. The van der Waals surface area contributed by atoms with E-state index in [1.165, 1.54) is 5.56 Å². The number of hydrogen-bond acceptors (Lipinski definition) is 2. The number of ketones is 1. The number of benzene rings is 2. The molecule has 0 unspecified atom stereocenters. The number of halogens is 1. The first-order chi connectivity index (χ1) is 11.0. The fourth-order valence-electron chi connectivity index (χ4n) is 2.89. The predicted molar refractivity (Wildman–Crippen MR) is 94.5 cm³/mol. The van der Waals surface area contributed by atoms with Gasteiger partial charge in [-0.15, -0.1) is 0 Å². The van der Waals surface area contributed by atoms with Crippen LogP contribution in [0.3, 0.4) is 0 Å². The van der Waals surface area contributed by atoms with Gasteiger partial charge in [-0.3, -0.25) is 4.79 Å². The minimum absolute atomic E-state index is 0.119. The van der Waals surface area contributed by atoms with Crippen LogP contribution in [-0.2, 0) is 17.6 Å². The van der Waals surface area contributed by atoms with Gasteiger partial charge in [0, 0.05) is 26.9 Å². The highest BCUT2D eigenvalue weighted by Crippen LogP contribution is 2.32. The monoisotopic (exact) mass is 313 g/mol. The van der Waals surface area contributed by atoms with Gasteiger partial charge >= 0.3 is 0 Å². The van der Waals surface area contributed by atoms with Crippen LogP contribution in [0.4, 0.5) is 10.1 Å². The molecule has 2 aromatic rings. The second-order valence-corrected chi connectivity index (χ2v) is 5.94. The van der Waals surface area contributed by atoms with Gasteiger partial charge in [0.25, 0.3) is 0 Å². The molecule has 0 heterocycles. The summed E-state index contributed by atoms with van der Waals surface area (Å²) in [5, 5.41) is 0. The number of rotatable bonds is 6. The van der Waals surface area contributed by atoms with E-state index in [4.69, 9.17) is 0 Å². The van der Waals surface area contributed by atoms with Gasteiger partial charge in [-0.2, -0.15) is 0 Å². The Morgan fingerprint density at radius 1 is 1.09 bits per heavy atom. The first kappa shape index (κ1) is 17.2. The van der Waals surface area contributed by atoms with Crippen molar-refractivity contribution in [3.8, 4) is 11.1 Å². The molecular formula is C20H24FNO. The number of Topliss-reactive ketones (excluding diaryl/α,β-unsaturated/α-hetero) is 1.